The van der Waals surface area contributed by atoms with Crippen LogP contribution in [0.25, 0.3) is 0 Å². The summed E-state index contributed by atoms with van der Waals surface area (Å²) in [5, 5.41) is 0. The van der Waals surface area contributed by atoms with Crippen molar-refractivity contribution < 1.29 is 14.3 Å². The van der Waals surface area contributed by atoms with E-state index in [-0.39, 0.29) is 11.9 Å². The summed E-state index contributed by atoms with van der Waals surface area (Å²) in [5.74, 6) is 2.32. The fourth-order valence-corrected chi connectivity index (χ4v) is 5.11. The molecule has 1 aromatic heterocycles. The highest BCUT2D eigenvalue weighted by Crippen LogP contribution is 2.33. The lowest BCUT2D eigenvalue weighted by Crippen LogP contribution is -2.25. The van der Waals surface area contributed by atoms with Crippen molar-refractivity contribution in [1.82, 2.24) is 4.98 Å². The summed E-state index contributed by atoms with van der Waals surface area (Å²) in [6.07, 6.45) is 19.5. The van der Waals surface area contributed by atoms with Gasteiger partial charge in [0.1, 0.15) is 11.5 Å². The van der Waals surface area contributed by atoms with E-state index in [1.165, 1.54) is 69.8 Å². The highest BCUT2D eigenvalue weighted by Gasteiger charge is 2.27. The first-order valence-electron chi connectivity index (χ1n) is 14.6. The van der Waals surface area contributed by atoms with Gasteiger partial charge in [0.2, 0.25) is 0 Å². The number of aromatic nitrogens is 1. The van der Waals surface area contributed by atoms with Crippen LogP contribution in [0.15, 0.2) is 42.6 Å². The number of carbonyl (C=O) groups is 1. The summed E-state index contributed by atoms with van der Waals surface area (Å²) in [6.45, 7) is 5.21. The molecule has 1 aliphatic carbocycles. The van der Waals surface area contributed by atoms with Crippen LogP contribution in [0.2, 0.25) is 0 Å². The molecule has 0 unspecified atom stereocenters. The van der Waals surface area contributed by atoms with Crippen molar-refractivity contribution in [3.8, 4) is 11.5 Å². The molecule has 0 amide bonds. The topological polar surface area (TPSA) is 48.4 Å². The van der Waals surface area contributed by atoms with Gasteiger partial charge in [0.05, 0.1) is 18.7 Å². The van der Waals surface area contributed by atoms with Gasteiger partial charge in [0.15, 0.2) is 0 Å². The fraction of sp³-hybridized carbons (Fsp3) is 0.625. The smallest absolute Gasteiger partial charge is 0.314 e. The lowest BCUT2D eigenvalue weighted by molar-refractivity contribution is -0.140. The number of ether oxygens (including phenoxy) is 2. The summed E-state index contributed by atoms with van der Waals surface area (Å²) in [5.41, 5.74) is 2.28. The molecule has 0 bridgehead atoms. The molecule has 0 N–H and O–H groups in total. The molecule has 4 nitrogen and oxygen atoms in total. The van der Waals surface area contributed by atoms with E-state index in [2.05, 4.69) is 31.0 Å². The van der Waals surface area contributed by atoms with Gasteiger partial charge >= 0.3 is 5.97 Å². The normalized spacial score (nSPS) is 17.6. The number of aryl methyl sites for hydroxylation is 2. The second-order valence-electron chi connectivity index (χ2n) is 10.5. The van der Waals surface area contributed by atoms with Crippen molar-refractivity contribution in [2.45, 2.75) is 110 Å². The molecule has 0 spiro atoms. The van der Waals surface area contributed by atoms with Gasteiger partial charge in [0.25, 0.3) is 0 Å². The Hall–Kier alpha value is -2.36. The summed E-state index contributed by atoms with van der Waals surface area (Å²) < 4.78 is 11.5. The number of benzene rings is 1. The highest BCUT2D eigenvalue weighted by molar-refractivity contribution is 5.75. The molecule has 1 aliphatic rings. The van der Waals surface area contributed by atoms with Gasteiger partial charge < -0.3 is 9.47 Å². The van der Waals surface area contributed by atoms with Crippen LogP contribution in [0.5, 0.6) is 11.5 Å². The van der Waals surface area contributed by atoms with Crippen molar-refractivity contribution in [2.75, 3.05) is 6.61 Å². The number of rotatable bonds is 16. The zero-order valence-electron chi connectivity index (χ0n) is 22.7. The van der Waals surface area contributed by atoms with E-state index in [4.69, 9.17) is 9.47 Å². The molecule has 2 aromatic rings. The molecular weight excluding hydrogens is 446 g/mol. The minimum Gasteiger partial charge on any atom is -0.492 e. The lowest BCUT2D eigenvalue weighted by Gasteiger charge is -2.27. The summed E-state index contributed by atoms with van der Waals surface area (Å²) in [6, 6.07) is 12.0. The quantitative estimate of drug-likeness (QED) is 0.134. The van der Waals surface area contributed by atoms with Crippen LogP contribution < -0.4 is 9.47 Å². The van der Waals surface area contributed by atoms with E-state index < -0.39 is 0 Å². The van der Waals surface area contributed by atoms with Crippen LogP contribution >= 0.6 is 0 Å². The van der Waals surface area contributed by atoms with Crippen LogP contribution in [0, 0.1) is 11.8 Å². The van der Waals surface area contributed by atoms with Crippen LogP contribution in [0.4, 0.5) is 0 Å². The molecule has 1 fully saturated rings. The monoisotopic (exact) mass is 493 g/mol. The van der Waals surface area contributed by atoms with E-state index in [1.54, 1.807) is 0 Å². The summed E-state index contributed by atoms with van der Waals surface area (Å²) in [7, 11) is 0. The van der Waals surface area contributed by atoms with Crippen molar-refractivity contribution in [3.63, 3.8) is 0 Å². The summed E-state index contributed by atoms with van der Waals surface area (Å²) >= 11 is 0. The molecule has 1 aromatic carbocycles. The second kappa shape index (κ2) is 16.4. The van der Waals surface area contributed by atoms with Gasteiger partial charge in [-0.05, 0) is 80.7 Å². The van der Waals surface area contributed by atoms with E-state index in [0.29, 0.717) is 5.75 Å². The Balaban J connectivity index is 1.33. The second-order valence-corrected chi connectivity index (χ2v) is 10.5. The van der Waals surface area contributed by atoms with E-state index >= 15 is 0 Å². The van der Waals surface area contributed by atoms with Crippen LogP contribution in [-0.4, -0.2) is 17.6 Å². The predicted molar refractivity (Wildman–Crippen MR) is 148 cm³/mol. The first-order chi connectivity index (χ1) is 17.7. The van der Waals surface area contributed by atoms with Crippen molar-refractivity contribution in [3.05, 3.63) is 53.9 Å². The van der Waals surface area contributed by atoms with Gasteiger partial charge in [-0.3, -0.25) is 9.78 Å². The Morgan fingerprint density at radius 3 is 2.19 bits per heavy atom. The van der Waals surface area contributed by atoms with Crippen molar-refractivity contribution in [1.29, 1.82) is 0 Å². The molecular formula is C32H47NO3. The molecule has 3 rings (SSSR count). The highest BCUT2D eigenvalue weighted by atomic mass is 16.5. The molecule has 36 heavy (non-hydrogen) atoms. The minimum absolute atomic E-state index is 0.0506. The maximum absolute atomic E-state index is 12.7. The Morgan fingerprint density at radius 2 is 1.50 bits per heavy atom. The first-order valence-corrected chi connectivity index (χ1v) is 14.6. The maximum Gasteiger partial charge on any atom is 0.314 e. The fourth-order valence-electron chi connectivity index (χ4n) is 5.11. The number of esters is 1. The van der Waals surface area contributed by atoms with E-state index in [9.17, 15) is 4.79 Å². The Bertz CT molecular complexity index is 854. The SMILES string of the molecule is CCCCCCC[C@H]1CC[C@H](C(=O)Oc2ccc(CCc3ccc(OCCCCC)cn3)cc2)CC1. The van der Waals surface area contributed by atoms with Gasteiger partial charge in [-0.15, -0.1) is 0 Å². The maximum atomic E-state index is 12.7. The number of pyridine rings is 1. The minimum atomic E-state index is -0.0506. The Kier molecular flexibility index (Phi) is 12.9. The zero-order chi connectivity index (χ0) is 25.4. The largest absolute Gasteiger partial charge is 0.492 e. The van der Waals surface area contributed by atoms with Crippen molar-refractivity contribution >= 4 is 5.97 Å². The molecule has 1 heterocycles. The third-order valence-electron chi connectivity index (χ3n) is 7.52. The van der Waals surface area contributed by atoms with Crippen LogP contribution in [0.1, 0.15) is 109 Å². The van der Waals surface area contributed by atoms with Gasteiger partial charge in [-0.25, -0.2) is 0 Å². The van der Waals surface area contributed by atoms with Gasteiger partial charge in [0, 0.05) is 5.69 Å². The van der Waals surface area contributed by atoms with Crippen molar-refractivity contribution in [2.24, 2.45) is 11.8 Å². The molecule has 0 atom stereocenters. The van der Waals surface area contributed by atoms with Gasteiger partial charge in [-0.2, -0.15) is 0 Å². The number of carbonyl (C=O) groups excluding carboxylic acids is 1. The number of hydrogen-bond donors (Lipinski definition) is 0. The number of nitrogens with zero attached hydrogens (tertiary/aromatic N) is 1. The average molecular weight is 494 g/mol. The Labute approximate surface area is 219 Å². The molecule has 0 saturated heterocycles. The Morgan fingerprint density at radius 1 is 0.806 bits per heavy atom. The summed E-state index contributed by atoms with van der Waals surface area (Å²) in [4.78, 5) is 17.2. The average Bonchev–Trinajstić information content (AvgIpc) is 2.91. The zero-order valence-corrected chi connectivity index (χ0v) is 22.7. The lowest BCUT2D eigenvalue weighted by atomic mass is 9.80. The number of hydrogen-bond acceptors (Lipinski definition) is 4. The van der Waals surface area contributed by atoms with E-state index in [0.717, 1.165) is 56.1 Å². The standard InChI is InChI=1S/C32H47NO3/c1-3-5-7-8-9-11-26-12-17-28(18-13-26)32(34)36-30-21-15-27(16-22-30)14-19-29-20-23-31(25-33-29)35-24-10-6-4-2/h15-16,20-23,25-26,28H,3-14,17-19,24H2,1-2H3/t26-,28-. The molecule has 198 valence electrons. The molecule has 0 aliphatic heterocycles. The number of unbranched alkanes of at least 4 members (excludes halogenated alkanes) is 6. The van der Waals surface area contributed by atoms with Gasteiger partial charge in [-0.1, -0.05) is 77.3 Å². The van der Waals surface area contributed by atoms with Crippen LogP contribution in [0.3, 0.4) is 0 Å². The third-order valence-corrected chi connectivity index (χ3v) is 7.52. The van der Waals surface area contributed by atoms with Crippen LogP contribution in [-0.2, 0) is 17.6 Å². The molecule has 4 heteroatoms. The third kappa shape index (κ3) is 10.3. The molecule has 0 radical (unpaired) electrons. The van der Waals surface area contributed by atoms with E-state index in [1.807, 2.05) is 30.5 Å². The molecule has 1 saturated carbocycles. The first kappa shape index (κ1) is 28.2. The predicted octanol–water partition coefficient (Wildman–Crippen LogP) is 8.51.